The first kappa shape index (κ1) is 12.4. The van der Waals surface area contributed by atoms with Crippen molar-refractivity contribution in [3.8, 4) is 0 Å². The monoisotopic (exact) mass is 223 g/mol. The first-order chi connectivity index (χ1) is 7.72. The fraction of sp³-hybridized carbons (Fsp3) is 1.00. The molecule has 2 rings (SSSR count). The van der Waals surface area contributed by atoms with Crippen LogP contribution in [0.3, 0.4) is 0 Å². The zero-order valence-corrected chi connectivity index (χ0v) is 11.3. The lowest BCUT2D eigenvalue weighted by atomic mass is 9.73. The van der Waals surface area contributed by atoms with Crippen molar-refractivity contribution in [2.75, 3.05) is 6.54 Å². The molecule has 0 aromatic carbocycles. The average molecular weight is 223 g/mol. The second-order valence-electron chi connectivity index (χ2n) is 6.34. The molecule has 0 aromatic rings. The molecule has 2 fully saturated rings. The van der Waals surface area contributed by atoms with Crippen molar-refractivity contribution >= 4 is 0 Å². The lowest BCUT2D eigenvalue weighted by Crippen LogP contribution is -2.40. The number of hydrogen-bond acceptors (Lipinski definition) is 1. The molecule has 0 saturated heterocycles. The molecule has 0 spiro atoms. The largest absolute Gasteiger partial charge is 0.314 e. The standard InChI is InChI=1S/C15H29N/c1-4-16-15(14-9-10-14)13-7-5-12(6-8-13)11(2)3/h11-16H,4-10H2,1-3H3. The van der Waals surface area contributed by atoms with Crippen molar-refractivity contribution < 1.29 is 0 Å². The quantitative estimate of drug-likeness (QED) is 0.747. The minimum atomic E-state index is 0.859. The maximum Gasteiger partial charge on any atom is 0.0123 e. The van der Waals surface area contributed by atoms with E-state index in [1.807, 2.05) is 0 Å². The van der Waals surface area contributed by atoms with Crippen LogP contribution in [0.4, 0.5) is 0 Å². The van der Waals surface area contributed by atoms with E-state index < -0.39 is 0 Å². The van der Waals surface area contributed by atoms with E-state index in [2.05, 4.69) is 26.1 Å². The van der Waals surface area contributed by atoms with Crippen LogP contribution in [-0.4, -0.2) is 12.6 Å². The normalized spacial score (nSPS) is 33.0. The predicted molar refractivity (Wildman–Crippen MR) is 70.5 cm³/mol. The summed E-state index contributed by atoms with van der Waals surface area (Å²) in [5.41, 5.74) is 0. The third kappa shape index (κ3) is 3.00. The fourth-order valence-electron chi connectivity index (χ4n) is 3.58. The highest BCUT2D eigenvalue weighted by molar-refractivity contribution is 4.92. The Bertz CT molecular complexity index is 199. The van der Waals surface area contributed by atoms with Crippen molar-refractivity contribution in [3.63, 3.8) is 0 Å². The molecule has 0 bridgehead atoms. The van der Waals surface area contributed by atoms with Crippen molar-refractivity contribution in [2.24, 2.45) is 23.7 Å². The Hall–Kier alpha value is -0.0400. The van der Waals surface area contributed by atoms with Crippen LogP contribution in [-0.2, 0) is 0 Å². The van der Waals surface area contributed by atoms with E-state index in [9.17, 15) is 0 Å². The molecule has 2 aliphatic carbocycles. The lowest BCUT2D eigenvalue weighted by Gasteiger charge is -2.36. The van der Waals surface area contributed by atoms with E-state index in [-0.39, 0.29) is 0 Å². The molecule has 0 radical (unpaired) electrons. The van der Waals surface area contributed by atoms with E-state index >= 15 is 0 Å². The van der Waals surface area contributed by atoms with Gasteiger partial charge in [-0.05, 0) is 68.7 Å². The zero-order chi connectivity index (χ0) is 11.5. The van der Waals surface area contributed by atoms with Crippen LogP contribution in [0.2, 0.25) is 0 Å². The van der Waals surface area contributed by atoms with Crippen LogP contribution in [0.15, 0.2) is 0 Å². The van der Waals surface area contributed by atoms with Gasteiger partial charge in [0.15, 0.2) is 0 Å². The Labute approximate surface area is 101 Å². The molecular weight excluding hydrogens is 194 g/mol. The summed E-state index contributed by atoms with van der Waals surface area (Å²) in [6, 6.07) is 0.859. The summed E-state index contributed by atoms with van der Waals surface area (Å²) in [5, 5.41) is 3.76. The highest BCUT2D eigenvalue weighted by Crippen LogP contribution is 2.42. The number of hydrogen-bond donors (Lipinski definition) is 1. The topological polar surface area (TPSA) is 12.0 Å². The number of rotatable bonds is 5. The first-order valence-corrected chi connectivity index (χ1v) is 7.45. The van der Waals surface area contributed by atoms with Gasteiger partial charge in [0, 0.05) is 6.04 Å². The van der Waals surface area contributed by atoms with E-state index in [4.69, 9.17) is 0 Å². The first-order valence-electron chi connectivity index (χ1n) is 7.45. The van der Waals surface area contributed by atoms with Crippen molar-refractivity contribution in [3.05, 3.63) is 0 Å². The number of nitrogens with one attached hydrogen (secondary N) is 1. The average Bonchev–Trinajstić information content (AvgIpc) is 3.10. The van der Waals surface area contributed by atoms with Crippen LogP contribution in [0.5, 0.6) is 0 Å². The predicted octanol–water partition coefficient (Wildman–Crippen LogP) is 3.84. The van der Waals surface area contributed by atoms with Crippen LogP contribution < -0.4 is 5.32 Å². The molecular formula is C15H29N. The summed E-state index contributed by atoms with van der Waals surface area (Å²) in [5.74, 6) is 3.93. The third-order valence-electron chi connectivity index (χ3n) is 4.84. The molecule has 0 aliphatic heterocycles. The SMILES string of the molecule is CCNC(C1CCC(C(C)C)CC1)C1CC1. The molecule has 1 unspecified atom stereocenters. The fourth-order valence-corrected chi connectivity index (χ4v) is 3.58. The minimum absolute atomic E-state index is 0.859. The van der Waals surface area contributed by atoms with Gasteiger partial charge in [-0.2, -0.15) is 0 Å². The second kappa shape index (κ2) is 5.53. The lowest BCUT2D eigenvalue weighted by molar-refractivity contribution is 0.179. The molecule has 0 aromatic heterocycles. The van der Waals surface area contributed by atoms with Crippen molar-refractivity contribution in [1.29, 1.82) is 0 Å². The Balaban J connectivity index is 1.81. The van der Waals surface area contributed by atoms with Gasteiger partial charge < -0.3 is 5.32 Å². The van der Waals surface area contributed by atoms with Gasteiger partial charge in [-0.25, -0.2) is 0 Å². The van der Waals surface area contributed by atoms with Crippen LogP contribution in [0.1, 0.15) is 59.3 Å². The van der Waals surface area contributed by atoms with Gasteiger partial charge in [-0.15, -0.1) is 0 Å². The van der Waals surface area contributed by atoms with Crippen molar-refractivity contribution in [2.45, 2.75) is 65.3 Å². The summed E-state index contributed by atoms with van der Waals surface area (Å²) >= 11 is 0. The molecule has 1 nitrogen and oxygen atoms in total. The molecule has 1 N–H and O–H groups in total. The zero-order valence-electron chi connectivity index (χ0n) is 11.3. The maximum absolute atomic E-state index is 3.76. The van der Waals surface area contributed by atoms with Gasteiger partial charge in [-0.3, -0.25) is 0 Å². The van der Waals surface area contributed by atoms with Gasteiger partial charge >= 0.3 is 0 Å². The van der Waals surface area contributed by atoms with Gasteiger partial charge in [0.05, 0.1) is 0 Å². The summed E-state index contributed by atoms with van der Waals surface area (Å²) < 4.78 is 0. The Morgan fingerprint density at radius 1 is 0.875 bits per heavy atom. The Morgan fingerprint density at radius 2 is 1.31 bits per heavy atom. The van der Waals surface area contributed by atoms with E-state index in [1.165, 1.54) is 38.5 Å². The van der Waals surface area contributed by atoms with Gasteiger partial charge in [-0.1, -0.05) is 20.8 Å². The molecule has 16 heavy (non-hydrogen) atoms. The smallest absolute Gasteiger partial charge is 0.0123 e. The van der Waals surface area contributed by atoms with E-state index in [1.54, 1.807) is 0 Å². The third-order valence-corrected chi connectivity index (χ3v) is 4.84. The summed E-state index contributed by atoms with van der Waals surface area (Å²) in [4.78, 5) is 0. The van der Waals surface area contributed by atoms with Gasteiger partial charge in [0.2, 0.25) is 0 Å². The van der Waals surface area contributed by atoms with Gasteiger partial charge in [0.25, 0.3) is 0 Å². The molecule has 0 heterocycles. The van der Waals surface area contributed by atoms with Crippen LogP contribution >= 0.6 is 0 Å². The molecule has 2 saturated carbocycles. The Morgan fingerprint density at radius 3 is 1.69 bits per heavy atom. The van der Waals surface area contributed by atoms with E-state index in [0.717, 1.165) is 36.3 Å². The minimum Gasteiger partial charge on any atom is -0.314 e. The maximum atomic E-state index is 3.76. The summed E-state index contributed by atoms with van der Waals surface area (Å²) in [7, 11) is 0. The molecule has 0 amide bonds. The molecule has 1 heteroatoms. The van der Waals surface area contributed by atoms with Crippen LogP contribution in [0.25, 0.3) is 0 Å². The van der Waals surface area contributed by atoms with Crippen LogP contribution in [0, 0.1) is 23.7 Å². The highest BCUT2D eigenvalue weighted by atomic mass is 14.9. The summed E-state index contributed by atoms with van der Waals surface area (Å²) in [6.45, 7) is 8.21. The molecule has 94 valence electrons. The molecule has 2 aliphatic rings. The molecule has 1 atom stereocenters. The van der Waals surface area contributed by atoms with E-state index in [0.29, 0.717) is 0 Å². The Kier molecular flexibility index (Phi) is 4.29. The second-order valence-corrected chi connectivity index (χ2v) is 6.34. The summed E-state index contributed by atoms with van der Waals surface area (Å²) in [6.07, 6.45) is 8.91. The van der Waals surface area contributed by atoms with Gasteiger partial charge in [0.1, 0.15) is 0 Å². The highest BCUT2D eigenvalue weighted by Gasteiger charge is 2.37. The van der Waals surface area contributed by atoms with Crippen molar-refractivity contribution in [1.82, 2.24) is 5.32 Å².